The van der Waals surface area contributed by atoms with Gasteiger partial charge < -0.3 is 4.90 Å². The smallest absolute Gasteiger partial charge is 0.0714 e. The molecule has 0 unspecified atom stereocenters. The van der Waals surface area contributed by atoms with Gasteiger partial charge in [-0.1, -0.05) is 243 Å². The van der Waals surface area contributed by atoms with Crippen LogP contribution in [0.25, 0.3) is 54.9 Å². The van der Waals surface area contributed by atoms with Crippen molar-refractivity contribution in [2.75, 3.05) is 4.90 Å². The molecule has 12 aromatic rings. The molecule has 0 bridgehead atoms. The molecule has 1 nitrogen and oxygen atoms in total. The van der Waals surface area contributed by atoms with E-state index in [-0.39, 0.29) is 0 Å². The topological polar surface area (TPSA) is 3.24 Å². The lowest BCUT2D eigenvalue weighted by atomic mass is 9.67. The lowest BCUT2D eigenvalue weighted by Crippen LogP contribution is -2.28. The summed E-state index contributed by atoms with van der Waals surface area (Å²) in [7, 11) is 0. The van der Waals surface area contributed by atoms with Gasteiger partial charge >= 0.3 is 0 Å². The first kappa shape index (κ1) is 41.0. The van der Waals surface area contributed by atoms with Crippen LogP contribution in [0, 0.1) is 0 Å². The number of anilines is 3. The van der Waals surface area contributed by atoms with Gasteiger partial charge in [0.15, 0.2) is 0 Å². The minimum Gasteiger partial charge on any atom is -0.310 e. The summed E-state index contributed by atoms with van der Waals surface area (Å²) >= 11 is 0. The number of benzene rings is 12. The Balaban J connectivity index is 1.01. The fourth-order valence-electron chi connectivity index (χ4n) is 12.7. The van der Waals surface area contributed by atoms with Gasteiger partial charge in [-0.05, 0) is 142 Å². The summed E-state index contributed by atoms with van der Waals surface area (Å²) in [6, 6.07) is 106. The molecule has 0 N–H and O–H groups in total. The van der Waals surface area contributed by atoms with Crippen LogP contribution in [0.1, 0.15) is 44.5 Å². The molecule has 12 aromatic carbocycles. The van der Waals surface area contributed by atoms with Crippen molar-refractivity contribution in [2.24, 2.45) is 0 Å². The molecule has 0 aliphatic heterocycles. The van der Waals surface area contributed by atoms with E-state index in [0.29, 0.717) is 0 Å². The Morgan fingerprint density at radius 2 is 0.634 bits per heavy atom. The lowest BCUT2D eigenvalue weighted by Gasteiger charge is -2.35. The van der Waals surface area contributed by atoms with Crippen molar-refractivity contribution in [1.29, 1.82) is 0 Å². The summed E-state index contributed by atoms with van der Waals surface area (Å²) in [5, 5.41) is 5.04. The summed E-state index contributed by atoms with van der Waals surface area (Å²) in [5.74, 6) is 0. The Kier molecular flexibility index (Phi) is 9.41. The van der Waals surface area contributed by atoms with E-state index in [4.69, 9.17) is 0 Å². The van der Waals surface area contributed by atoms with Crippen molar-refractivity contribution >= 4 is 38.6 Å². The van der Waals surface area contributed by atoms with Crippen LogP contribution in [0.15, 0.2) is 285 Å². The van der Waals surface area contributed by atoms with Crippen molar-refractivity contribution in [3.05, 3.63) is 330 Å². The number of fused-ring (bicyclic) bond motifs is 9. The summed E-state index contributed by atoms with van der Waals surface area (Å²) in [6.45, 7) is 0. The molecule has 2 aliphatic rings. The second kappa shape index (κ2) is 16.3. The van der Waals surface area contributed by atoms with Crippen LogP contribution in [0.5, 0.6) is 0 Å². The lowest BCUT2D eigenvalue weighted by molar-refractivity contribution is 0.768. The zero-order valence-electron chi connectivity index (χ0n) is 39.1. The van der Waals surface area contributed by atoms with Gasteiger partial charge in [0.2, 0.25) is 0 Å². The molecule has 0 radical (unpaired) electrons. The van der Waals surface area contributed by atoms with Gasteiger partial charge in [0.05, 0.1) is 10.8 Å². The van der Waals surface area contributed by atoms with E-state index >= 15 is 0 Å². The summed E-state index contributed by atoms with van der Waals surface area (Å²) in [4.78, 5) is 2.49. The zero-order chi connectivity index (χ0) is 46.9. The van der Waals surface area contributed by atoms with Crippen molar-refractivity contribution < 1.29 is 0 Å². The third-order valence-corrected chi connectivity index (χ3v) is 15.6. The molecule has 0 saturated carbocycles. The minimum absolute atomic E-state index is 0.494. The van der Waals surface area contributed by atoms with Crippen molar-refractivity contribution in [1.82, 2.24) is 0 Å². The molecule has 332 valence electrons. The number of rotatable bonds is 8. The molecular formula is C70H47N. The van der Waals surface area contributed by atoms with Gasteiger partial charge in [-0.15, -0.1) is 0 Å². The normalized spacial score (nSPS) is 13.6. The first-order valence-corrected chi connectivity index (χ1v) is 24.7. The largest absolute Gasteiger partial charge is 0.310 e. The third-order valence-electron chi connectivity index (χ3n) is 15.6. The van der Waals surface area contributed by atoms with Crippen LogP contribution in [-0.4, -0.2) is 0 Å². The quantitative estimate of drug-likeness (QED) is 0.137. The van der Waals surface area contributed by atoms with Gasteiger partial charge in [-0.25, -0.2) is 0 Å². The van der Waals surface area contributed by atoms with Crippen LogP contribution in [0.3, 0.4) is 0 Å². The molecule has 1 heteroatoms. The van der Waals surface area contributed by atoms with Gasteiger partial charge in [0.25, 0.3) is 0 Å². The van der Waals surface area contributed by atoms with E-state index in [1.165, 1.54) is 99.4 Å². The molecule has 0 atom stereocenters. The molecule has 0 heterocycles. The van der Waals surface area contributed by atoms with Crippen LogP contribution >= 0.6 is 0 Å². The molecule has 0 aromatic heterocycles. The first-order chi connectivity index (χ1) is 35.2. The second-order valence-corrected chi connectivity index (χ2v) is 19.1. The minimum atomic E-state index is -0.543. The predicted molar refractivity (Wildman–Crippen MR) is 296 cm³/mol. The highest BCUT2D eigenvalue weighted by molar-refractivity contribution is 6.13. The molecular weight excluding hydrogens is 855 g/mol. The van der Waals surface area contributed by atoms with E-state index in [9.17, 15) is 0 Å². The fraction of sp³-hybridized carbons (Fsp3) is 0.0286. The average Bonchev–Trinajstić information content (AvgIpc) is 3.92. The molecule has 0 amide bonds. The van der Waals surface area contributed by atoms with E-state index in [1.54, 1.807) is 0 Å². The maximum atomic E-state index is 2.49. The monoisotopic (exact) mass is 901 g/mol. The molecule has 0 spiro atoms. The Bertz CT molecular complexity index is 3890. The molecule has 71 heavy (non-hydrogen) atoms. The van der Waals surface area contributed by atoms with E-state index in [2.05, 4.69) is 290 Å². The Morgan fingerprint density at radius 1 is 0.225 bits per heavy atom. The van der Waals surface area contributed by atoms with Crippen LogP contribution < -0.4 is 4.90 Å². The van der Waals surface area contributed by atoms with Crippen molar-refractivity contribution in [3.63, 3.8) is 0 Å². The SMILES string of the molecule is c1ccc(C2(c3ccccc3)c3ccccc3-c3cc(N(c4ccc(-c5cc6ccccc6c6ccccc56)cc4)c4ccc5c(c4)C(c4ccccc4)(c4ccccc4)c4ccccc4-5)ccc32)cc1. The first-order valence-electron chi connectivity index (χ1n) is 24.7. The van der Waals surface area contributed by atoms with E-state index < -0.39 is 10.8 Å². The van der Waals surface area contributed by atoms with Gasteiger partial charge in [-0.2, -0.15) is 0 Å². The van der Waals surface area contributed by atoms with Crippen LogP contribution in [0.4, 0.5) is 17.1 Å². The highest BCUT2D eigenvalue weighted by atomic mass is 15.1. The molecule has 14 rings (SSSR count). The van der Waals surface area contributed by atoms with E-state index in [1.807, 2.05) is 0 Å². The van der Waals surface area contributed by atoms with Gasteiger partial charge in [0.1, 0.15) is 0 Å². The Morgan fingerprint density at radius 3 is 1.23 bits per heavy atom. The molecule has 2 aliphatic carbocycles. The number of hydrogen-bond acceptors (Lipinski definition) is 1. The highest BCUT2D eigenvalue weighted by Gasteiger charge is 2.48. The summed E-state index contributed by atoms with van der Waals surface area (Å²) in [6.07, 6.45) is 0. The standard InChI is InChI=1S/C70H47N/c1-5-22-50(23-6-1)69(51-24-7-2-8-25-51)66-36-20-18-34-61(66)64-46-55(42-44-67(64)69)71(54-39-37-48(38-40-54)63-45-49-21-13-14-30-57(49)58-31-15-16-32-59(58)63)56-41-43-62-60-33-17-19-35-65(60)70(68(62)47-56,52-26-9-3-10-27-52)53-28-11-4-12-29-53/h1-47H. The highest BCUT2D eigenvalue weighted by Crippen LogP contribution is 2.59. The average molecular weight is 902 g/mol. The van der Waals surface area contributed by atoms with Crippen molar-refractivity contribution in [3.8, 4) is 33.4 Å². The molecule has 0 fully saturated rings. The van der Waals surface area contributed by atoms with Gasteiger partial charge in [0, 0.05) is 17.1 Å². The Labute approximate surface area is 415 Å². The Hall–Kier alpha value is -9.04. The zero-order valence-corrected chi connectivity index (χ0v) is 39.1. The maximum Gasteiger partial charge on any atom is 0.0714 e. The number of hydrogen-bond donors (Lipinski definition) is 0. The number of nitrogens with zero attached hydrogens (tertiary/aromatic N) is 1. The maximum absolute atomic E-state index is 2.49. The van der Waals surface area contributed by atoms with E-state index in [0.717, 1.165) is 17.1 Å². The van der Waals surface area contributed by atoms with Gasteiger partial charge in [-0.3, -0.25) is 0 Å². The molecule has 0 saturated heterocycles. The summed E-state index contributed by atoms with van der Waals surface area (Å²) in [5.41, 5.74) is 19.9. The van der Waals surface area contributed by atoms with Crippen LogP contribution in [0.2, 0.25) is 0 Å². The van der Waals surface area contributed by atoms with Crippen molar-refractivity contribution in [2.45, 2.75) is 10.8 Å². The fourth-order valence-corrected chi connectivity index (χ4v) is 12.7. The second-order valence-electron chi connectivity index (χ2n) is 19.1. The predicted octanol–water partition coefficient (Wildman–Crippen LogP) is 17.9. The summed E-state index contributed by atoms with van der Waals surface area (Å²) < 4.78 is 0. The van der Waals surface area contributed by atoms with Crippen LogP contribution in [-0.2, 0) is 10.8 Å². The third kappa shape index (κ3) is 6.06.